The van der Waals surface area contributed by atoms with Crippen molar-refractivity contribution < 1.29 is 0 Å². The van der Waals surface area contributed by atoms with Crippen molar-refractivity contribution in [2.75, 3.05) is 18.0 Å². The number of anilines is 1. The molecule has 0 unspecified atom stereocenters. The molecule has 90 valence electrons. The lowest BCUT2D eigenvalue weighted by atomic mass is 10.0. The Labute approximate surface area is 99.5 Å². The predicted octanol–water partition coefficient (Wildman–Crippen LogP) is 2.95. The second-order valence-electron chi connectivity index (χ2n) is 5.16. The third kappa shape index (κ3) is 4.23. The minimum atomic E-state index is -0.0861. The highest BCUT2D eigenvalue weighted by Crippen LogP contribution is 2.17. The molecule has 0 saturated carbocycles. The molecule has 0 bridgehead atoms. The van der Waals surface area contributed by atoms with Gasteiger partial charge in [-0.15, -0.1) is 0 Å². The van der Waals surface area contributed by atoms with Crippen LogP contribution in [0.25, 0.3) is 0 Å². The average molecular weight is 220 g/mol. The standard InChI is InChI=1S/C14H24N2/c1-5-16(10-9-14(3,4)15)13-8-6-7-12(2)11-13/h6-8,11H,5,9-10,15H2,1-4H3. The molecule has 0 amide bonds. The van der Waals surface area contributed by atoms with E-state index in [2.05, 4.69) is 56.9 Å². The molecular formula is C14H24N2. The predicted molar refractivity (Wildman–Crippen MR) is 71.9 cm³/mol. The minimum Gasteiger partial charge on any atom is -0.372 e. The van der Waals surface area contributed by atoms with E-state index in [9.17, 15) is 0 Å². The Morgan fingerprint density at radius 3 is 2.50 bits per heavy atom. The van der Waals surface area contributed by atoms with Crippen molar-refractivity contribution in [1.29, 1.82) is 0 Å². The quantitative estimate of drug-likeness (QED) is 0.826. The molecule has 16 heavy (non-hydrogen) atoms. The summed E-state index contributed by atoms with van der Waals surface area (Å²) in [5, 5.41) is 0. The van der Waals surface area contributed by atoms with Crippen LogP contribution in [-0.4, -0.2) is 18.6 Å². The molecule has 1 aromatic rings. The lowest BCUT2D eigenvalue weighted by Gasteiger charge is -2.27. The van der Waals surface area contributed by atoms with E-state index in [-0.39, 0.29) is 5.54 Å². The first-order valence-electron chi connectivity index (χ1n) is 6.03. The van der Waals surface area contributed by atoms with Crippen LogP contribution in [0.3, 0.4) is 0 Å². The van der Waals surface area contributed by atoms with Gasteiger partial charge in [-0.1, -0.05) is 12.1 Å². The van der Waals surface area contributed by atoms with Gasteiger partial charge in [0.15, 0.2) is 0 Å². The zero-order valence-electron chi connectivity index (χ0n) is 11.0. The van der Waals surface area contributed by atoms with Crippen molar-refractivity contribution in [1.82, 2.24) is 0 Å². The van der Waals surface area contributed by atoms with Gasteiger partial charge in [-0.3, -0.25) is 0 Å². The Hall–Kier alpha value is -1.02. The van der Waals surface area contributed by atoms with Crippen LogP contribution >= 0.6 is 0 Å². The van der Waals surface area contributed by atoms with Crippen LogP contribution in [0.2, 0.25) is 0 Å². The maximum atomic E-state index is 6.02. The fraction of sp³-hybridized carbons (Fsp3) is 0.571. The summed E-state index contributed by atoms with van der Waals surface area (Å²) in [5.74, 6) is 0. The van der Waals surface area contributed by atoms with Crippen LogP contribution in [0.1, 0.15) is 32.8 Å². The molecule has 0 aliphatic heterocycles. The van der Waals surface area contributed by atoms with E-state index < -0.39 is 0 Å². The first-order chi connectivity index (χ1) is 7.42. The third-order valence-electron chi connectivity index (χ3n) is 2.77. The van der Waals surface area contributed by atoms with E-state index in [4.69, 9.17) is 5.73 Å². The molecule has 0 aliphatic carbocycles. The van der Waals surface area contributed by atoms with Crippen molar-refractivity contribution in [3.8, 4) is 0 Å². The third-order valence-corrected chi connectivity index (χ3v) is 2.77. The number of hydrogen-bond donors (Lipinski definition) is 1. The molecule has 1 rings (SSSR count). The molecule has 0 radical (unpaired) electrons. The fourth-order valence-corrected chi connectivity index (χ4v) is 1.72. The van der Waals surface area contributed by atoms with Crippen LogP contribution in [-0.2, 0) is 0 Å². The van der Waals surface area contributed by atoms with E-state index in [1.54, 1.807) is 0 Å². The second-order valence-corrected chi connectivity index (χ2v) is 5.16. The summed E-state index contributed by atoms with van der Waals surface area (Å²) in [7, 11) is 0. The molecule has 0 saturated heterocycles. The highest BCUT2D eigenvalue weighted by molar-refractivity contribution is 5.48. The summed E-state index contributed by atoms with van der Waals surface area (Å²) in [6.45, 7) is 10.5. The maximum Gasteiger partial charge on any atom is 0.0368 e. The van der Waals surface area contributed by atoms with Gasteiger partial charge in [-0.25, -0.2) is 0 Å². The van der Waals surface area contributed by atoms with Crippen molar-refractivity contribution in [3.05, 3.63) is 29.8 Å². The first-order valence-corrected chi connectivity index (χ1v) is 6.03. The van der Waals surface area contributed by atoms with E-state index in [1.807, 2.05) is 0 Å². The van der Waals surface area contributed by atoms with E-state index in [1.165, 1.54) is 11.3 Å². The Morgan fingerprint density at radius 2 is 2.00 bits per heavy atom. The first kappa shape index (κ1) is 13.0. The smallest absolute Gasteiger partial charge is 0.0368 e. The SMILES string of the molecule is CCN(CCC(C)(C)N)c1cccc(C)c1. The second kappa shape index (κ2) is 5.35. The number of benzene rings is 1. The summed E-state index contributed by atoms with van der Waals surface area (Å²) >= 11 is 0. The monoisotopic (exact) mass is 220 g/mol. The number of aryl methyl sites for hydroxylation is 1. The summed E-state index contributed by atoms with van der Waals surface area (Å²) in [4.78, 5) is 2.38. The van der Waals surface area contributed by atoms with E-state index in [0.29, 0.717) is 0 Å². The Morgan fingerprint density at radius 1 is 1.31 bits per heavy atom. The molecule has 0 fully saturated rings. The van der Waals surface area contributed by atoms with Crippen molar-refractivity contribution in [2.24, 2.45) is 5.73 Å². The van der Waals surface area contributed by atoms with Gasteiger partial charge in [0.05, 0.1) is 0 Å². The average Bonchev–Trinajstić information content (AvgIpc) is 2.17. The molecule has 2 heteroatoms. The van der Waals surface area contributed by atoms with Crippen LogP contribution in [0, 0.1) is 6.92 Å². The van der Waals surface area contributed by atoms with Crippen LogP contribution in [0.15, 0.2) is 24.3 Å². The van der Waals surface area contributed by atoms with Gasteiger partial charge in [-0.05, 0) is 51.8 Å². The van der Waals surface area contributed by atoms with Gasteiger partial charge in [0.1, 0.15) is 0 Å². The molecular weight excluding hydrogens is 196 g/mol. The largest absolute Gasteiger partial charge is 0.372 e. The fourth-order valence-electron chi connectivity index (χ4n) is 1.72. The van der Waals surface area contributed by atoms with E-state index in [0.717, 1.165) is 19.5 Å². The molecule has 0 aliphatic rings. The summed E-state index contributed by atoms with van der Waals surface area (Å²) < 4.78 is 0. The normalized spacial score (nSPS) is 11.6. The minimum absolute atomic E-state index is 0.0861. The van der Waals surface area contributed by atoms with Gasteiger partial charge in [0.2, 0.25) is 0 Å². The van der Waals surface area contributed by atoms with Crippen molar-refractivity contribution in [3.63, 3.8) is 0 Å². The van der Waals surface area contributed by atoms with Gasteiger partial charge in [0, 0.05) is 24.3 Å². The molecule has 2 nitrogen and oxygen atoms in total. The zero-order chi connectivity index (χ0) is 12.2. The molecule has 0 atom stereocenters. The Bertz CT molecular complexity index is 326. The highest BCUT2D eigenvalue weighted by atomic mass is 15.1. The van der Waals surface area contributed by atoms with Crippen molar-refractivity contribution >= 4 is 5.69 Å². The van der Waals surface area contributed by atoms with Gasteiger partial charge < -0.3 is 10.6 Å². The van der Waals surface area contributed by atoms with Crippen molar-refractivity contribution in [2.45, 2.75) is 39.7 Å². The lowest BCUT2D eigenvalue weighted by Crippen LogP contribution is -2.37. The number of hydrogen-bond acceptors (Lipinski definition) is 2. The zero-order valence-corrected chi connectivity index (χ0v) is 11.0. The number of nitrogens with zero attached hydrogens (tertiary/aromatic N) is 1. The van der Waals surface area contributed by atoms with Crippen LogP contribution in [0.4, 0.5) is 5.69 Å². The number of rotatable bonds is 5. The Kier molecular flexibility index (Phi) is 4.36. The number of nitrogens with two attached hydrogens (primary N) is 1. The molecule has 0 heterocycles. The molecule has 2 N–H and O–H groups in total. The summed E-state index contributed by atoms with van der Waals surface area (Å²) in [6.07, 6.45) is 1.01. The molecule has 0 spiro atoms. The van der Waals surface area contributed by atoms with Crippen LogP contribution < -0.4 is 10.6 Å². The van der Waals surface area contributed by atoms with Gasteiger partial charge >= 0.3 is 0 Å². The Balaban J connectivity index is 2.68. The molecule has 0 aromatic heterocycles. The molecule has 1 aromatic carbocycles. The highest BCUT2D eigenvalue weighted by Gasteiger charge is 2.13. The topological polar surface area (TPSA) is 29.3 Å². The van der Waals surface area contributed by atoms with Crippen LogP contribution in [0.5, 0.6) is 0 Å². The van der Waals surface area contributed by atoms with Gasteiger partial charge in [0.25, 0.3) is 0 Å². The maximum absolute atomic E-state index is 6.02. The van der Waals surface area contributed by atoms with Gasteiger partial charge in [-0.2, -0.15) is 0 Å². The lowest BCUT2D eigenvalue weighted by molar-refractivity contribution is 0.475. The van der Waals surface area contributed by atoms with E-state index >= 15 is 0 Å². The summed E-state index contributed by atoms with van der Waals surface area (Å²) in [6, 6.07) is 8.64. The summed E-state index contributed by atoms with van der Waals surface area (Å²) in [5.41, 5.74) is 8.54.